The Morgan fingerprint density at radius 1 is 1.44 bits per heavy atom. The second-order valence-electron chi connectivity index (χ2n) is 6.15. The third-order valence-corrected chi connectivity index (χ3v) is 4.51. The highest BCUT2D eigenvalue weighted by atomic mass is 32.1. The molecule has 2 N–H and O–H groups in total. The quantitative estimate of drug-likeness (QED) is 0.776. The molecule has 1 saturated heterocycles. The van der Waals surface area contributed by atoms with Gasteiger partial charge < -0.3 is 19.8 Å². The molecule has 0 aliphatic carbocycles. The first-order chi connectivity index (χ1) is 12.1. The predicted octanol–water partition coefficient (Wildman–Crippen LogP) is 3.54. The SMILES string of the molecule is Cc1ccc(CNC(=O)c2ccc[nH]c2=S)c(OC[C@@H]2CCCO2)c1. The number of carbonyl (C=O) groups is 1. The summed E-state index contributed by atoms with van der Waals surface area (Å²) in [6.45, 7) is 3.74. The second kappa shape index (κ2) is 8.27. The van der Waals surface area contributed by atoms with E-state index in [1.807, 2.05) is 25.1 Å². The number of aromatic amines is 1. The maximum Gasteiger partial charge on any atom is 0.254 e. The average Bonchev–Trinajstić information content (AvgIpc) is 3.13. The lowest BCUT2D eigenvalue weighted by atomic mass is 10.1. The molecule has 6 heteroatoms. The Balaban J connectivity index is 1.66. The van der Waals surface area contributed by atoms with E-state index < -0.39 is 0 Å². The minimum atomic E-state index is -0.201. The summed E-state index contributed by atoms with van der Waals surface area (Å²) < 4.78 is 12.0. The number of hydrogen-bond acceptors (Lipinski definition) is 4. The molecule has 1 aliphatic rings. The molecule has 1 atom stereocenters. The van der Waals surface area contributed by atoms with Crippen LogP contribution in [0.1, 0.15) is 34.3 Å². The average molecular weight is 358 g/mol. The number of benzene rings is 1. The van der Waals surface area contributed by atoms with Gasteiger partial charge in [0.05, 0.1) is 11.7 Å². The molecule has 3 rings (SSSR count). The molecule has 1 fully saturated rings. The van der Waals surface area contributed by atoms with E-state index >= 15 is 0 Å². The maximum atomic E-state index is 12.3. The number of carbonyl (C=O) groups excluding carboxylic acids is 1. The van der Waals surface area contributed by atoms with Crippen molar-refractivity contribution in [2.75, 3.05) is 13.2 Å². The van der Waals surface area contributed by atoms with E-state index in [2.05, 4.69) is 10.3 Å². The summed E-state index contributed by atoms with van der Waals surface area (Å²) in [7, 11) is 0. The highest BCUT2D eigenvalue weighted by Gasteiger charge is 2.17. The molecule has 5 nitrogen and oxygen atoms in total. The van der Waals surface area contributed by atoms with Crippen LogP contribution in [0, 0.1) is 11.6 Å². The Kier molecular flexibility index (Phi) is 5.83. The van der Waals surface area contributed by atoms with Gasteiger partial charge in [-0.1, -0.05) is 24.4 Å². The van der Waals surface area contributed by atoms with Gasteiger partial charge in [-0.15, -0.1) is 0 Å². The molecule has 0 unspecified atom stereocenters. The molecule has 1 aromatic carbocycles. The van der Waals surface area contributed by atoms with E-state index in [-0.39, 0.29) is 12.0 Å². The summed E-state index contributed by atoms with van der Waals surface area (Å²) in [4.78, 5) is 15.2. The Labute approximate surface area is 152 Å². The van der Waals surface area contributed by atoms with Crippen LogP contribution in [0.4, 0.5) is 0 Å². The minimum absolute atomic E-state index is 0.158. The summed E-state index contributed by atoms with van der Waals surface area (Å²) in [6.07, 6.45) is 3.98. The molecule has 132 valence electrons. The molecule has 2 aromatic rings. The van der Waals surface area contributed by atoms with Crippen LogP contribution in [0.25, 0.3) is 0 Å². The fraction of sp³-hybridized carbons (Fsp3) is 0.368. The van der Waals surface area contributed by atoms with E-state index in [4.69, 9.17) is 21.7 Å². The van der Waals surface area contributed by atoms with Crippen molar-refractivity contribution in [3.8, 4) is 5.75 Å². The molecule has 0 spiro atoms. The third kappa shape index (κ3) is 4.67. The normalized spacial score (nSPS) is 16.6. The Morgan fingerprint density at radius 3 is 3.08 bits per heavy atom. The smallest absolute Gasteiger partial charge is 0.254 e. The lowest BCUT2D eigenvalue weighted by Gasteiger charge is -2.16. The fourth-order valence-corrected chi connectivity index (χ4v) is 3.00. The Hall–Kier alpha value is -2.18. The van der Waals surface area contributed by atoms with Gasteiger partial charge >= 0.3 is 0 Å². The molecule has 0 radical (unpaired) electrons. The molecule has 1 aliphatic heterocycles. The topological polar surface area (TPSA) is 63.4 Å². The van der Waals surface area contributed by atoms with Crippen molar-refractivity contribution in [3.63, 3.8) is 0 Å². The number of nitrogens with one attached hydrogen (secondary N) is 2. The lowest BCUT2D eigenvalue weighted by Crippen LogP contribution is -2.24. The molecule has 1 aromatic heterocycles. The van der Waals surface area contributed by atoms with Crippen LogP contribution in [0.5, 0.6) is 5.75 Å². The number of aryl methyl sites for hydroxylation is 1. The zero-order valence-electron chi connectivity index (χ0n) is 14.2. The van der Waals surface area contributed by atoms with Gasteiger partial charge in [0.25, 0.3) is 5.91 Å². The van der Waals surface area contributed by atoms with Crippen LogP contribution in [-0.2, 0) is 11.3 Å². The van der Waals surface area contributed by atoms with Crippen molar-refractivity contribution in [3.05, 3.63) is 57.9 Å². The molecular formula is C19H22N2O3S. The van der Waals surface area contributed by atoms with Crippen LogP contribution >= 0.6 is 12.2 Å². The maximum absolute atomic E-state index is 12.3. The summed E-state index contributed by atoms with van der Waals surface area (Å²) >= 11 is 5.15. The van der Waals surface area contributed by atoms with E-state index in [0.717, 1.165) is 36.3 Å². The lowest BCUT2D eigenvalue weighted by molar-refractivity contribution is 0.0675. The monoisotopic (exact) mass is 358 g/mol. The van der Waals surface area contributed by atoms with Crippen LogP contribution < -0.4 is 10.1 Å². The van der Waals surface area contributed by atoms with Crippen molar-refractivity contribution < 1.29 is 14.3 Å². The van der Waals surface area contributed by atoms with E-state index in [1.54, 1.807) is 18.3 Å². The molecule has 0 bridgehead atoms. The van der Waals surface area contributed by atoms with Gasteiger partial charge in [0.15, 0.2) is 0 Å². The van der Waals surface area contributed by atoms with Gasteiger partial charge in [0, 0.05) is 24.9 Å². The predicted molar refractivity (Wildman–Crippen MR) is 98.4 cm³/mol. The zero-order chi connectivity index (χ0) is 17.6. The standard InChI is InChI=1S/C19H22N2O3S/c1-13-6-7-14(17(10-13)24-12-15-4-3-9-23-15)11-21-18(22)16-5-2-8-20-19(16)25/h2,5-8,10,15H,3-4,9,11-12H2,1H3,(H,20,25)(H,21,22)/t15-/m0/s1. The number of H-pyrrole nitrogens is 1. The first kappa shape index (κ1) is 17.6. The van der Waals surface area contributed by atoms with Crippen molar-refractivity contribution in [2.24, 2.45) is 0 Å². The third-order valence-electron chi connectivity index (χ3n) is 4.17. The van der Waals surface area contributed by atoms with E-state index in [1.165, 1.54) is 0 Å². The van der Waals surface area contributed by atoms with Gasteiger partial charge in [-0.2, -0.15) is 0 Å². The fourth-order valence-electron chi connectivity index (χ4n) is 2.77. The molecule has 2 heterocycles. The number of ether oxygens (including phenoxy) is 2. The van der Waals surface area contributed by atoms with Crippen LogP contribution in [0.2, 0.25) is 0 Å². The minimum Gasteiger partial charge on any atom is -0.491 e. The Bertz CT molecular complexity index is 797. The van der Waals surface area contributed by atoms with Crippen LogP contribution in [0.15, 0.2) is 36.5 Å². The first-order valence-corrected chi connectivity index (χ1v) is 8.84. The van der Waals surface area contributed by atoms with Crippen molar-refractivity contribution in [1.29, 1.82) is 0 Å². The van der Waals surface area contributed by atoms with Crippen LogP contribution in [0.3, 0.4) is 0 Å². The Morgan fingerprint density at radius 2 is 2.32 bits per heavy atom. The van der Waals surface area contributed by atoms with E-state index in [0.29, 0.717) is 23.4 Å². The highest BCUT2D eigenvalue weighted by molar-refractivity contribution is 7.71. The zero-order valence-corrected chi connectivity index (χ0v) is 15.0. The number of hydrogen-bond donors (Lipinski definition) is 2. The van der Waals surface area contributed by atoms with Crippen molar-refractivity contribution in [1.82, 2.24) is 10.3 Å². The summed E-state index contributed by atoms with van der Waals surface area (Å²) in [6, 6.07) is 9.44. The molecule has 25 heavy (non-hydrogen) atoms. The number of pyridine rings is 1. The van der Waals surface area contributed by atoms with Gasteiger partial charge in [-0.3, -0.25) is 4.79 Å². The highest BCUT2D eigenvalue weighted by Crippen LogP contribution is 2.22. The molecular weight excluding hydrogens is 336 g/mol. The van der Waals surface area contributed by atoms with Gasteiger partial charge in [-0.05, 0) is 43.5 Å². The van der Waals surface area contributed by atoms with Gasteiger partial charge in [-0.25, -0.2) is 0 Å². The number of rotatable bonds is 6. The largest absolute Gasteiger partial charge is 0.491 e. The van der Waals surface area contributed by atoms with Gasteiger partial charge in [0.1, 0.15) is 17.0 Å². The van der Waals surface area contributed by atoms with Crippen LogP contribution in [-0.4, -0.2) is 30.2 Å². The summed E-state index contributed by atoms with van der Waals surface area (Å²) in [5.74, 6) is 0.585. The van der Waals surface area contributed by atoms with Gasteiger partial charge in [0.2, 0.25) is 0 Å². The molecule has 1 amide bonds. The summed E-state index contributed by atoms with van der Waals surface area (Å²) in [5.41, 5.74) is 2.51. The number of aromatic nitrogens is 1. The second-order valence-corrected chi connectivity index (χ2v) is 6.56. The number of amides is 1. The van der Waals surface area contributed by atoms with Crippen molar-refractivity contribution >= 4 is 18.1 Å². The van der Waals surface area contributed by atoms with E-state index in [9.17, 15) is 4.79 Å². The first-order valence-electron chi connectivity index (χ1n) is 8.43. The molecule has 0 saturated carbocycles. The van der Waals surface area contributed by atoms with Crippen molar-refractivity contribution in [2.45, 2.75) is 32.4 Å². The summed E-state index contributed by atoms with van der Waals surface area (Å²) in [5, 5.41) is 2.91.